The van der Waals surface area contributed by atoms with Gasteiger partial charge in [0.25, 0.3) is 0 Å². The molecule has 0 amide bonds. The Morgan fingerprint density at radius 1 is 1.19 bits per heavy atom. The Bertz CT molecular complexity index is 1100. The van der Waals surface area contributed by atoms with Gasteiger partial charge in [0.05, 0.1) is 16.3 Å². The predicted octanol–water partition coefficient (Wildman–Crippen LogP) is 5.68. The Balaban J connectivity index is 2.04. The van der Waals surface area contributed by atoms with Crippen LogP contribution in [-0.4, -0.2) is 21.3 Å². The summed E-state index contributed by atoms with van der Waals surface area (Å²) in [4.78, 5) is 11.6. The molecule has 27 heavy (non-hydrogen) atoms. The van der Waals surface area contributed by atoms with E-state index in [1.165, 1.54) is 0 Å². The normalized spacial score (nSPS) is 14.3. The molecule has 3 aromatic rings. The highest BCUT2D eigenvalue weighted by Gasteiger charge is 2.40. The highest BCUT2D eigenvalue weighted by molar-refractivity contribution is 6.36. The van der Waals surface area contributed by atoms with Crippen molar-refractivity contribution < 1.29 is 14.6 Å². The van der Waals surface area contributed by atoms with Crippen molar-refractivity contribution >= 4 is 29.2 Å². The molecular formula is C20H16Cl2N2O3. The van der Waals surface area contributed by atoms with Crippen LogP contribution in [0.15, 0.2) is 30.3 Å². The number of nitrogens with zero attached hydrogens (tertiary/aromatic N) is 1. The molecule has 0 saturated carbocycles. The summed E-state index contributed by atoms with van der Waals surface area (Å²) in [6, 6.07) is 9.17. The van der Waals surface area contributed by atoms with Crippen molar-refractivity contribution in [2.24, 2.45) is 0 Å². The van der Waals surface area contributed by atoms with Gasteiger partial charge in [-0.05, 0) is 44.5 Å². The summed E-state index contributed by atoms with van der Waals surface area (Å²) in [5.41, 5.74) is 3.62. The minimum absolute atomic E-state index is 0.0349. The maximum Gasteiger partial charge on any atom is 0.356 e. The van der Waals surface area contributed by atoms with Crippen LogP contribution in [0.5, 0.6) is 5.75 Å². The quantitative estimate of drug-likeness (QED) is 0.577. The van der Waals surface area contributed by atoms with E-state index in [0.29, 0.717) is 27.1 Å². The minimum atomic E-state index is -1.10. The number of hydrogen-bond acceptors (Lipinski definition) is 3. The monoisotopic (exact) mass is 402 g/mol. The van der Waals surface area contributed by atoms with Crippen molar-refractivity contribution in [3.8, 4) is 28.1 Å². The van der Waals surface area contributed by atoms with Crippen LogP contribution in [0.2, 0.25) is 10.0 Å². The van der Waals surface area contributed by atoms with E-state index in [2.05, 4.69) is 10.2 Å². The number of ether oxygens (including phenoxy) is 1. The molecule has 0 bridgehead atoms. The summed E-state index contributed by atoms with van der Waals surface area (Å²) in [5, 5.41) is 17.4. The van der Waals surface area contributed by atoms with E-state index in [1.54, 1.807) is 12.1 Å². The van der Waals surface area contributed by atoms with Crippen LogP contribution in [0.1, 0.15) is 35.5 Å². The topological polar surface area (TPSA) is 75.2 Å². The van der Waals surface area contributed by atoms with E-state index in [4.69, 9.17) is 27.9 Å². The first-order valence-electron chi connectivity index (χ1n) is 8.31. The lowest BCUT2D eigenvalue weighted by Crippen LogP contribution is -2.31. The van der Waals surface area contributed by atoms with Gasteiger partial charge >= 0.3 is 5.97 Å². The number of H-pyrrole nitrogens is 1. The average molecular weight is 403 g/mol. The number of rotatable bonds is 2. The summed E-state index contributed by atoms with van der Waals surface area (Å²) in [5.74, 6) is -0.460. The van der Waals surface area contributed by atoms with Crippen LogP contribution in [0, 0.1) is 6.92 Å². The second kappa shape index (κ2) is 6.01. The lowest BCUT2D eigenvalue weighted by atomic mass is 9.86. The van der Waals surface area contributed by atoms with Gasteiger partial charge in [-0.1, -0.05) is 35.3 Å². The lowest BCUT2D eigenvalue weighted by molar-refractivity contribution is 0.0665. The van der Waals surface area contributed by atoms with Crippen molar-refractivity contribution in [2.45, 2.75) is 26.4 Å². The number of nitrogens with one attached hydrogen (secondary N) is 1. The smallest absolute Gasteiger partial charge is 0.356 e. The summed E-state index contributed by atoms with van der Waals surface area (Å²) in [6.45, 7) is 5.63. The summed E-state index contributed by atoms with van der Waals surface area (Å²) < 4.78 is 6.33. The van der Waals surface area contributed by atoms with Crippen molar-refractivity contribution in [3.05, 3.63) is 57.2 Å². The summed E-state index contributed by atoms with van der Waals surface area (Å²) >= 11 is 12.5. The molecule has 2 aromatic carbocycles. The van der Waals surface area contributed by atoms with E-state index in [9.17, 15) is 9.90 Å². The Hall–Kier alpha value is -2.50. The van der Waals surface area contributed by atoms with Crippen LogP contribution in [0.25, 0.3) is 22.4 Å². The van der Waals surface area contributed by atoms with Gasteiger partial charge in [0.2, 0.25) is 0 Å². The zero-order valence-corrected chi connectivity index (χ0v) is 16.4. The Morgan fingerprint density at radius 2 is 1.89 bits per heavy atom. The van der Waals surface area contributed by atoms with Crippen LogP contribution in [-0.2, 0) is 5.60 Å². The molecule has 0 atom stereocenters. The summed E-state index contributed by atoms with van der Waals surface area (Å²) in [6.07, 6.45) is 0. The maximum absolute atomic E-state index is 11.6. The highest BCUT2D eigenvalue weighted by atomic mass is 35.5. The number of carboxylic acids is 1. The van der Waals surface area contributed by atoms with Gasteiger partial charge in [-0.2, -0.15) is 5.10 Å². The highest BCUT2D eigenvalue weighted by Crippen LogP contribution is 2.51. The molecule has 1 aliphatic heterocycles. The van der Waals surface area contributed by atoms with Crippen LogP contribution in [0.4, 0.5) is 0 Å². The molecule has 0 aliphatic carbocycles. The standard InChI is InChI=1S/C20H16Cl2N2O3/c1-9-4-6-12-16-15(17(19(25)26)24-23-16)20(2,3)27-18(12)14(9)11-7-5-10(21)8-13(11)22/h4-8H,1-3H3,(H,23,24)(H,25,26). The molecular weight excluding hydrogens is 387 g/mol. The Morgan fingerprint density at radius 3 is 2.56 bits per heavy atom. The van der Waals surface area contributed by atoms with E-state index < -0.39 is 11.6 Å². The predicted molar refractivity (Wildman–Crippen MR) is 105 cm³/mol. The Labute approximate surface area is 165 Å². The SMILES string of the molecule is Cc1ccc2c(c1-c1ccc(Cl)cc1Cl)OC(C)(C)c1c(C(=O)O)n[nH]c1-2. The molecule has 0 spiro atoms. The zero-order valence-electron chi connectivity index (χ0n) is 14.9. The average Bonchev–Trinajstić information content (AvgIpc) is 3.02. The van der Waals surface area contributed by atoms with Gasteiger partial charge < -0.3 is 9.84 Å². The first-order chi connectivity index (χ1) is 12.7. The van der Waals surface area contributed by atoms with Crippen LogP contribution >= 0.6 is 23.2 Å². The van der Waals surface area contributed by atoms with Gasteiger partial charge in [-0.3, -0.25) is 5.10 Å². The van der Waals surface area contributed by atoms with Crippen LogP contribution < -0.4 is 4.74 Å². The third kappa shape index (κ3) is 2.69. The van der Waals surface area contributed by atoms with Gasteiger partial charge in [-0.25, -0.2) is 4.79 Å². The largest absolute Gasteiger partial charge is 0.482 e. The molecule has 1 aliphatic rings. The fraction of sp³-hybridized carbons (Fsp3) is 0.200. The molecule has 4 rings (SSSR count). The second-order valence-electron chi connectivity index (χ2n) is 7.00. The molecule has 7 heteroatoms. The second-order valence-corrected chi connectivity index (χ2v) is 7.84. The third-order valence-electron chi connectivity index (χ3n) is 4.76. The number of carboxylic acid groups (broad SMARTS) is 1. The van der Waals surface area contributed by atoms with Crippen LogP contribution in [0.3, 0.4) is 0 Å². The van der Waals surface area contributed by atoms with Gasteiger partial charge in [0.15, 0.2) is 5.69 Å². The number of aromatic nitrogens is 2. The van der Waals surface area contributed by atoms with Crippen molar-refractivity contribution in [1.82, 2.24) is 10.2 Å². The molecule has 1 aromatic heterocycles. The molecule has 0 fully saturated rings. The van der Waals surface area contributed by atoms with Gasteiger partial charge in [0.1, 0.15) is 11.4 Å². The number of fused-ring (bicyclic) bond motifs is 3. The number of carbonyl (C=O) groups is 1. The number of aromatic carboxylic acids is 1. The molecule has 0 radical (unpaired) electrons. The minimum Gasteiger partial charge on any atom is -0.482 e. The maximum atomic E-state index is 11.6. The molecule has 2 heterocycles. The molecule has 0 unspecified atom stereocenters. The van der Waals surface area contributed by atoms with Gasteiger partial charge in [-0.15, -0.1) is 0 Å². The first kappa shape index (κ1) is 17.9. The number of hydrogen-bond donors (Lipinski definition) is 2. The zero-order chi connectivity index (χ0) is 19.5. The van der Waals surface area contributed by atoms with E-state index in [0.717, 1.165) is 22.3 Å². The lowest BCUT2D eigenvalue weighted by Gasteiger charge is -2.34. The van der Waals surface area contributed by atoms with Crippen molar-refractivity contribution in [1.29, 1.82) is 0 Å². The molecule has 5 nitrogen and oxygen atoms in total. The fourth-order valence-corrected chi connectivity index (χ4v) is 4.10. The van der Waals surface area contributed by atoms with Gasteiger partial charge in [0, 0.05) is 21.7 Å². The van der Waals surface area contributed by atoms with Crippen molar-refractivity contribution in [3.63, 3.8) is 0 Å². The first-order valence-corrected chi connectivity index (χ1v) is 9.07. The number of aromatic amines is 1. The van der Waals surface area contributed by atoms with Crippen molar-refractivity contribution in [2.75, 3.05) is 0 Å². The van der Waals surface area contributed by atoms with E-state index in [-0.39, 0.29) is 5.69 Å². The molecule has 0 saturated heterocycles. The third-order valence-corrected chi connectivity index (χ3v) is 5.31. The number of aryl methyl sites for hydroxylation is 1. The Kier molecular flexibility index (Phi) is 3.98. The summed E-state index contributed by atoms with van der Waals surface area (Å²) in [7, 11) is 0. The number of halogens is 2. The van der Waals surface area contributed by atoms with E-state index >= 15 is 0 Å². The fourth-order valence-electron chi connectivity index (χ4n) is 3.59. The van der Waals surface area contributed by atoms with E-state index in [1.807, 2.05) is 39.0 Å². The number of benzene rings is 2. The molecule has 2 N–H and O–H groups in total. The molecule has 138 valence electrons.